The van der Waals surface area contributed by atoms with Crippen molar-refractivity contribution in [3.05, 3.63) is 23.8 Å². The van der Waals surface area contributed by atoms with Crippen molar-refractivity contribution in [1.82, 2.24) is 0 Å². The van der Waals surface area contributed by atoms with Gasteiger partial charge in [-0.05, 0) is 12.1 Å². The van der Waals surface area contributed by atoms with Crippen molar-refractivity contribution in [2.45, 2.75) is 6.42 Å². The van der Waals surface area contributed by atoms with E-state index in [1.54, 1.807) is 0 Å². The fourth-order valence-corrected chi connectivity index (χ4v) is 0.865. The number of carbonyl (C=O) groups is 1. The molecule has 1 aromatic rings. The maximum absolute atomic E-state index is 10.1. The molecule has 0 aromatic heterocycles. The summed E-state index contributed by atoms with van der Waals surface area (Å²) < 4.78 is 0. The highest BCUT2D eigenvalue weighted by atomic mass is 16.4. The molecule has 0 unspecified atom stereocenters. The van der Waals surface area contributed by atoms with Crippen LogP contribution in [0.15, 0.2) is 18.2 Å². The predicted octanol–water partition coefficient (Wildman–Crippen LogP) is 0.924. The van der Waals surface area contributed by atoms with Gasteiger partial charge >= 0.3 is 5.97 Å². The molecule has 1 rings (SSSR count). The summed E-state index contributed by atoms with van der Waals surface area (Å²) in [5.74, 6) is 3.32. The molecule has 0 saturated heterocycles. The van der Waals surface area contributed by atoms with Crippen molar-refractivity contribution < 1.29 is 20.1 Å². The Hall–Kier alpha value is -2.15. The van der Waals surface area contributed by atoms with Crippen molar-refractivity contribution in [2.24, 2.45) is 0 Å². The van der Waals surface area contributed by atoms with Crippen LogP contribution in [0, 0.1) is 11.8 Å². The standard InChI is InChI=1S/C10H8O4/c11-8-4-2-5-9(12)7(8)3-1-6-10(13)14/h2,4-5,11-12H,6H2,(H,13,14). The lowest BCUT2D eigenvalue weighted by Crippen LogP contribution is -1.90. The van der Waals surface area contributed by atoms with E-state index >= 15 is 0 Å². The summed E-state index contributed by atoms with van der Waals surface area (Å²) in [6.45, 7) is 0. The second-order valence-electron chi connectivity index (χ2n) is 2.54. The zero-order chi connectivity index (χ0) is 10.6. The van der Waals surface area contributed by atoms with Gasteiger partial charge in [0.25, 0.3) is 0 Å². The number of aliphatic carboxylic acids is 1. The Balaban J connectivity index is 2.94. The van der Waals surface area contributed by atoms with Crippen molar-refractivity contribution in [1.29, 1.82) is 0 Å². The molecule has 1 aromatic carbocycles. The Kier molecular flexibility index (Phi) is 2.97. The molecular weight excluding hydrogens is 184 g/mol. The molecule has 0 spiro atoms. The van der Waals surface area contributed by atoms with Gasteiger partial charge in [0.1, 0.15) is 23.5 Å². The van der Waals surface area contributed by atoms with E-state index in [0.717, 1.165) is 0 Å². The fraction of sp³-hybridized carbons (Fsp3) is 0.100. The van der Waals surface area contributed by atoms with Gasteiger partial charge in [-0.1, -0.05) is 17.9 Å². The second-order valence-corrected chi connectivity index (χ2v) is 2.54. The van der Waals surface area contributed by atoms with Gasteiger partial charge in [0, 0.05) is 0 Å². The smallest absolute Gasteiger partial charge is 0.315 e. The molecule has 0 saturated carbocycles. The average molecular weight is 192 g/mol. The number of hydrogen-bond donors (Lipinski definition) is 3. The van der Waals surface area contributed by atoms with Crippen molar-refractivity contribution in [2.75, 3.05) is 0 Å². The molecule has 0 amide bonds. The SMILES string of the molecule is O=C(O)CC#Cc1c(O)cccc1O. The lowest BCUT2D eigenvalue weighted by molar-refractivity contribution is -0.135. The number of rotatable bonds is 1. The van der Waals surface area contributed by atoms with E-state index in [-0.39, 0.29) is 23.5 Å². The summed E-state index contributed by atoms with van der Waals surface area (Å²) in [6, 6.07) is 4.20. The maximum Gasteiger partial charge on any atom is 0.315 e. The largest absolute Gasteiger partial charge is 0.507 e. The van der Waals surface area contributed by atoms with Gasteiger partial charge in [0.15, 0.2) is 0 Å². The molecule has 4 nitrogen and oxygen atoms in total. The highest BCUT2D eigenvalue weighted by molar-refractivity contribution is 5.70. The average Bonchev–Trinajstić information content (AvgIpc) is 2.09. The Morgan fingerprint density at radius 2 is 1.86 bits per heavy atom. The molecule has 0 fully saturated rings. The topological polar surface area (TPSA) is 77.8 Å². The lowest BCUT2D eigenvalue weighted by Gasteiger charge is -1.98. The summed E-state index contributed by atoms with van der Waals surface area (Å²) in [5.41, 5.74) is 0.0498. The molecular formula is C10H8O4. The van der Waals surface area contributed by atoms with Gasteiger partial charge in [-0.3, -0.25) is 4.79 Å². The molecule has 0 atom stereocenters. The van der Waals surface area contributed by atoms with Crippen LogP contribution in [0.1, 0.15) is 12.0 Å². The number of hydrogen-bond acceptors (Lipinski definition) is 3. The van der Waals surface area contributed by atoms with Crippen LogP contribution < -0.4 is 0 Å². The third kappa shape index (κ3) is 2.42. The lowest BCUT2D eigenvalue weighted by atomic mass is 10.2. The number of aromatic hydroxyl groups is 2. The Bertz CT molecular complexity index is 392. The minimum Gasteiger partial charge on any atom is -0.507 e. The van der Waals surface area contributed by atoms with E-state index in [2.05, 4.69) is 11.8 Å². The van der Waals surface area contributed by atoms with Crippen molar-refractivity contribution in [3.8, 4) is 23.3 Å². The van der Waals surface area contributed by atoms with E-state index in [1.165, 1.54) is 18.2 Å². The first kappa shape index (κ1) is 9.93. The minimum absolute atomic E-state index is 0.0498. The summed E-state index contributed by atoms with van der Waals surface area (Å²) in [6.07, 6.45) is -0.326. The molecule has 0 aliphatic carbocycles. The molecule has 14 heavy (non-hydrogen) atoms. The summed E-state index contributed by atoms with van der Waals surface area (Å²) in [4.78, 5) is 10.1. The van der Waals surface area contributed by atoms with Crippen LogP contribution in [0.25, 0.3) is 0 Å². The van der Waals surface area contributed by atoms with E-state index in [0.29, 0.717) is 0 Å². The first-order chi connectivity index (χ1) is 6.61. The van der Waals surface area contributed by atoms with Gasteiger partial charge in [-0.15, -0.1) is 0 Å². The number of carboxylic acid groups (broad SMARTS) is 1. The van der Waals surface area contributed by atoms with E-state index in [4.69, 9.17) is 5.11 Å². The first-order valence-corrected chi connectivity index (χ1v) is 3.83. The highest BCUT2D eigenvalue weighted by Crippen LogP contribution is 2.24. The maximum atomic E-state index is 10.1. The van der Waals surface area contributed by atoms with Gasteiger partial charge in [-0.25, -0.2) is 0 Å². The third-order valence-electron chi connectivity index (χ3n) is 1.47. The molecule has 0 radical (unpaired) electrons. The predicted molar refractivity (Wildman–Crippen MR) is 48.9 cm³/mol. The Morgan fingerprint density at radius 1 is 1.29 bits per heavy atom. The summed E-state index contributed by atoms with van der Waals surface area (Å²) >= 11 is 0. The Labute approximate surface area is 80.4 Å². The molecule has 4 heteroatoms. The molecule has 0 aliphatic heterocycles. The molecule has 0 aliphatic rings. The van der Waals surface area contributed by atoms with Crippen molar-refractivity contribution >= 4 is 5.97 Å². The van der Waals surface area contributed by atoms with E-state index in [1.807, 2.05) is 0 Å². The number of phenols is 2. The molecule has 72 valence electrons. The van der Waals surface area contributed by atoms with Gasteiger partial charge in [0.2, 0.25) is 0 Å². The normalized spacial score (nSPS) is 8.86. The van der Waals surface area contributed by atoms with Gasteiger partial charge < -0.3 is 15.3 Å². The van der Waals surface area contributed by atoms with Crippen LogP contribution in [0.4, 0.5) is 0 Å². The molecule has 0 bridgehead atoms. The van der Waals surface area contributed by atoms with Gasteiger partial charge in [-0.2, -0.15) is 0 Å². The van der Waals surface area contributed by atoms with Gasteiger partial charge in [0.05, 0.1) is 0 Å². The summed E-state index contributed by atoms with van der Waals surface area (Å²) in [7, 11) is 0. The zero-order valence-electron chi connectivity index (χ0n) is 7.19. The van der Waals surface area contributed by atoms with Crippen LogP contribution in [-0.4, -0.2) is 21.3 Å². The van der Waals surface area contributed by atoms with E-state index < -0.39 is 5.97 Å². The van der Waals surface area contributed by atoms with Crippen LogP contribution >= 0.6 is 0 Å². The van der Waals surface area contributed by atoms with Crippen LogP contribution in [0.3, 0.4) is 0 Å². The van der Waals surface area contributed by atoms with Crippen LogP contribution in [0.5, 0.6) is 11.5 Å². The second kappa shape index (κ2) is 4.19. The fourth-order valence-electron chi connectivity index (χ4n) is 0.865. The minimum atomic E-state index is -1.05. The molecule has 3 N–H and O–H groups in total. The quantitative estimate of drug-likeness (QED) is 0.578. The first-order valence-electron chi connectivity index (χ1n) is 3.83. The molecule has 0 heterocycles. The zero-order valence-corrected chi connectivity index (χ0v) is 7.19. The van der Waals surface area contributed by atoms with E-state index in [9.17, 15) is 15.0 Å². The van der Waals surface area contributed by atoms with Crippen molar-refractivity contribution in [3.63, 3.8) is 0 Å². The summed E-state index contributed by atoms with van der Waals surface area (Å²) in [5, 5.41) is 26.8. The van der Waals surface area contributed by atoms with Crippen LogP contribution in [0.2, 0.25) is 0 Å². The number of benzene rings is 1. The number of phenolic OH excluding ortho intramolecular Hbond substituents is 2. The third-order valence-corrected chi connectivity index (χ3v) is 1.47. The number of carboxylic acids is 1. The van der Waals surface area contributed by atoms with Crippen LogP contribution in [-0.2, 0) is 4.79 Å². The Morgan fingerprint density at radius 3 is 2.36 bits per heavy atom. The highest BCUT2D eigenvalue weighted by Gasteiger charge is 2.02. The monoisotopic (exact) mass is 192 g/mol.